The number of rotatable bonds is 4. The number of hydrogen-bond acceptors (Lipinski definition) is 4. The molecule has 0 N–H and O–H groups in total. The van der Waals surface area contributed by atoms with Crippen LogP contribution in [0.4, 0.5) is 0 Å². The third-order valence-corrected chi connectivity index (χ3v) is 3.62. The van der Waals surface area contributed by atoms with E-state index in [2.05, 4.69) is 6.07 Å². The number of nitriles is 1. The van der Waals surface area contributed by atoms with E-state index in [-0.39, 0.29) is 11.7 Å². The van der Waals surface area contributed by atoms with Crippen LogP contribution in [0.15, 0.2) is 12.1 Å². The number of methoxy groups -OCH3 is 2. The fourth-order valence-electron chi connectivity index (χ4n) is 2.73. The van der Waals surface area contributed by atoms with Gasteiger partial charge in [0.1, 0.15) is 17.3 Å². The molecular weight excluding hydrogens is 242 g/mol. The molecule has 1 aliphatic carbocycles. The van der Waals surface area contributed by atoms with Crippen molar-refractivity contribution < 1.29 is 14.3 Å². The first-order valence-electron chi connectivity index (χ1n) is 6.36. The Kier molecular flexibility index (Phi) is 4.06. The number of benzene rings is 1. The van der Waals surface area contributed by atoms with Gasteiger partial charge in [0.25, 0.3) is 0 Å². The molecule has 0 aliphatic heterocycles. The Balaban J connectivity index is 2.52. The first-order chi connectivity index (χ1) is 9.22. The zero-order valence-electron chi connectivity index (χ0n) is 11.2. The first-order valence-corrected chi connectivity index (χ1v) is 6.36. The summed E-state index contributed by atoms with van der Waals surface area (Å²) < 4.78 is 10.7. The van der Waals surface area contributed by atoms with Gasteiger partial charge in [-0.2, -0.15) is 5.26 Å². The minimum absolute atomic E-state index is 0.189. The van der Waals surface area contributed by atoms with Crippen LogP contribution < -0.4 is 9.47 Å². The van der Waals surface area contributed by atoms with Crippen LogP contribution >= 0.6 is 0 Å². The molecule has 2 rings (SSSR count). The largest absolute Gasteiger partial charge is 0.496 e. The van der Waals surface area contributed by atoms with Crippen LogP contribution in [0.3, 0.4) is 0 Å². The van der Waals surface area contributed by atoms with Crippen molar-refractivity contribution in [3.63, 3.8) is 0 Å². The van der Waals surface area contributed by atoms with E-state index in [4.69, 9.17) is 14.7 Å². The maximum Gasteiger partial charge on any atom is 0.140 e. The van der Waals surface area contributed by atoms with Gasteiger partial charge in [-0.25, -0.2) is 0 Å². The van der Waals surface area contributed by atoms with E-state index in [1.165, 1.54) is 0 Å². The molecule has 1 aromatic carbocycles. The lowest BCUT2D eigenvalue weighted by Gasteiger charge is -2.27. The minimum atomic E-state index is -0.242. The van der Waals surface area contributed by atoms with E-state index < -0.39 is 0 Å². The summed E-state index contributed by atoms with van der Waals surface area (Å²) in [4.78, 5) is 12.1. The van der Waals surface area contributed by atoms with Crippen LogP contribution in [0.25, 0.3) is 0 Å². The third-order valence-electron chi connectivity index (χ3n) is 3.62. The quantitative estimate of drug-likeness (QED) is 0.834. The van der Waals surface area contributed by atoms with Gasteiger partial charge in [-0.3, -0.25) is 4.79 Å². The second-order valence-corrected chi connectivity index (χ2v) is 4.58. The van der Waals surface area contributed by atoms with Gasteiger partial charge in [0.05, 0.1) is 20.3 Å². The molecule has 19 heavy (non-hydrogen) atoms. The molecule has 0 saturated heterocycles. The third kappa shape index (κ3) is 2.41. The lowest BCUT2D eigenvalue weighted by molar-refractivity contribution is -0.121. The predicted octanol–water partition coefficient (Wildman–Crippen LogP) is 2.61. The predicted molar refractivity (Wildman–Crippen MR) is 70.5 cm³/mol. The number of Topliss-reactive ketones (excluding diaryl/α,β-unsaturated/α-hetero) is 1. The second-order valence-electron chi connectivity index (χ2n) is 4.58. The molecule has 0 aromatic heterocycles. The van der Waals surface area contributed by atoms with Gasteiger partial charge in [0.2, 0.25) is 0 Å². The van der Waals surface area contributed by atoms with Crippen molar-refractivity contribution in [2.75, 3.05) is 14.2 Å². The molecule has 0 spiro atoms. The molecule has 1 atom stereocenters. The lowest BCUT2D eigenvalue weighted by atomic mass is 9.78. The van der Waals surface area contributed by atoms with Gasteiger partial charge >= 0.3 is 0 Å². The highest BCUT2D eigenvalue weighted by Gasteiger charge is 2.32. The van der Waals surface area contributed by atoms with E-state index in [1.54, 1.807) is 14.2 Å². The average molecular weight is 259 g/mol. The Morgan fingerprint density at radius 2 is 1.95 bits per heavy atom. The summed E-state index contributed by atoms with van der Waals surface area (Å²) in [6.45, 7) is 0. The molecule has 0 radical (unpaired) electrons. The van der Waals surface area contributed by atoms with Gasteiger partial charge in [-0.15, -0.1) is 0 Å². The summed E-state index contributed by atoms with van der Waals surface area (Å²) in [5, 5.41) is 8.74. The SMILES string of the molecule is COc1ccc(OC)c2c1CCC(=O)[C@H]2CCC#N. The monoisotopic (exact) mass is 259 g/mol. The van der Waals surface area contributed by atoms with Crippen LogP contribution in [0.1, 0.15) is 36.3 Å². The Morgan fingerprint density at radius 1 is 1.26 bits per heavy atom. The zero-order chi connectivity index (χ0) is 13.8. The number of carbonyl (C=O) groups excluding carboxylic acids is 1. The highest BCUT2D eigenvalue weighted by atomic mass is 16.5. The summed E-state index contributed by atoms with van der Waals surface area (Å²) in [5.74, 6) is 1.46. The van der Waals surface area contributed by atoms with Crippen LogP contribution in [-0.2, 0) is 11.2 Å². The highest BCUT2D eigenvalue weighted by molar-refractivity contribution is 5.89. The standard InChI is InChI=1S/C15H17NO3/c1-18-13-7-8-14(19-2)15-10(4-3-9-16)12(17)6-5-11(13)15/h7-8,10H,3-6H2,1-2H3/t10-/m1/s1. The second kappa shape index (κ2) is 5.75. The van der Waals surface area contributed by atoms with Crippen molar-refractivity contribution in [3.05, 3.63) is 23.3 Å². The molecule has 0 saturated carbocycles. The maximum absolute atomic E-state index is 12.1. The van der Waals surface area contributed by atoms with E-state index in [0.29, 0.717) is 31.4 Å². The van der Waals surface area contributed by atoms with Gasteiger partial charge in [-0.05, 0) is 25.0 Å². The Bertz CT molecular complexity index is 531. The minimum Gasteiger partial charge on any atom is -0.496 e. The first kappa shape index (κ1) is 13.4. The van der Waals surface area contributed by atoms with Gasteiger partial charge in [-0.1, -0.05) is 0 Å². The summed E-state index contributed by atoms with van der Waals surface area (Å²) >= 11 is 0. The molecule has 1 aliphatic rings. The van der Waals surface area contributed by atoms with Crippen LogP contribution in [-0.4, -0.2) is 20.0 Å². The average Bonchev–Trinajstić information content (AvgIpc) is 2.45. The van der Waals surface area contributed by atoms with Gasteiger partial charge in [0, 0.05) is 29.9 Å². The Labute approximate surface area is 112 Å². The molecule has 4 heteroatoms. The summed E-state index contributed by atoms with van der Waals surface area (Å²) in [6.07, 6.45) is 2.10. The van der Waals surface area contributed by atoms with Crippen LogP contribution in [0, 0.1) is 11.3 Å². The molecule has 0 bridgehead atoms. The summed E-state index contributed by atoms with van der Waals surface area (Å²) in [6, 6.07) is 5.81. The summed E-state index contributed by atoms with van der Waals surface area (Å²) in [5.41, 5.74) is 1.96. The number of ether oxygens (including phenoxy) is 2. The van der Waals surface area contributed by atoms with E-state index in [1.807, 2.05) is 12.1 Å². The molecule has 0 heterocycles. The fourth-order valence-corrected chi connectivity index (χ4v) is 2.73. The van der Waals surface area contributed by atoms with Crippen molar-refractivity contribution >= 4 is 5.78 Å². The number of carbonyl (C=O) groups is 1. The van der Waals surface area contributed by atoms with Crippen molar-refractivity contribution in [1.29, 1.82) is 5.26 Å². The molecule has 0 amide bonds. The molecule has 0 fully saturated rings. The van der Waals surface area contributed by atoms with E-state index in [0.717, 1.165) is 16.9 Å². The number of ketones is 1. The maximum atomic E-state index is 12.1. The smallest absolute Gasteiger partial charge is 0.140 e. The normalized spacial score (nSPS) is 17.5. The van der Waals surface area contributed by atoms with Gasteiger partial charge < -0.3 is 9.47 Å². The van der Waals surface area contributed by atoms with Crippen LogP contribution in [0.5, 0.6) is 11.5 Å². The Morgan fingerprint density at radius 3 is 2.58 bits per heavy atom. The van der Waals surface area contributed by atoms with Gasteiger partial charge in [0.15, 0.2) is 0 Å². The van der Waals surface area contributed by atoms with Crippen LogP contribution in [0.2, 0.25) is 0 Å². The van der Waals surface area contributed by atoms with E-state index in [9.17, 15) is 4.79 Å². The van der Waals surface area contributed by atoms with Crippen molar-refractivity contribution in [2.24, 2.45) is 0 Å². The Hall–Kier alpha value is -2.02. The number of fused-ring (bicyclic) bond motifs is 1. The number of hydrogen-bond donors (Lipinski definition) is 0. The highest BCUT2D eigenvalue weighted by Crippen LogP contribution is 2.42. The number of nitrogens with zero attached hydrogens (tertiary/aromatic N) is 1. The fraction of sp³-hybridized carbons (Fsp3) is 0.467. The van der Waals surface area contributed by atoms with E-state index >= 15 is 0 Å². The zero-order valence-corrected chi connectivity index (χ0v) is 11.2. The van der Waals surface area contributed by atoms with Crippen molar-refractivity contribution in [1.82, 2.24) is 0 Å². The molecule has 1 aromatic rings. The molecule has 4 nitrogen and oxygen atoms in total. The molecule has 100 valence electrons. The summed E-state index contributed by atoms with van der Waals surface area (Å²) in [7, 11) is 3.23. The molecule has 0 unspecified atom stereocenters. The van der Waals surface area contributed by atoms with Crippen molar-refractivity contribution in [2.45, 2.75) is 31.6 Å². The molecular formula is C15H17NO3. The topological polar surface area (TPSA) is 59.3 Å². The lowest BCUT2D eigenvalue weighted by Crippen LogP contribution is -2.22. The van der Waals surface area contributed by atoms with Crippen molar-refractivity contribution in [3.8, 4) is 17.6 Å².